The lowest BCUT2D eigenvalue weighted by Crippen LogP contribution is -2.46. The number of aromatic amines is 1. The van der Waals surface area contributed by atoms with Crippen molar-refractivity contribution in [3.8, 4) is 28.4 Å². The van der Waals surface area contributed by atoms with Crippen LogP contribution in [0, 0.1) is 6.92 Å². The van der Waals surface area contributed by atoms with Crippen molar-refractivity contribution in [2.45, 2.75) is 37.6 Å². The number of hydrogen-bond donors (Lipinski definition) is 3. The topological polar surface area (TPSA) is 132 Å². The summed E-state index contributed by atoms with van der Waals surface area (Å²) in [4.78, 5) is 26.8. The van der Waals surface area contributed by atoms with Crippen LogP contribution in [0.4, 0.5) is 11.4 Å². The van der Waals surface area contributed by atoms with Crippen LogP contribution in [0.15, 0.2) is 114 Å². The fourth-order valence-corrected chi connectivity index (χ4v) is 10.4. The number of rotatable bonds is 18. The zero-order valence-corrected chi connectivity index (χ0v) is 39.7. The van der Waals surface area contributed by atoms with Crippen LogP contribution in [-0.2, 0) is 21.3 Å². The SMILES string of the molecule is Cc1cc(S(=O)(=O)NC(=O)c2ccc(N3CCN(Cc4cc(OCCN5CCOCC5)ccc4-c4ccc(Cl)cc4)CC3)cc2Oc2ccc3[nH]ccc3c2)ccc1NCCCN1CCCC1. The van der Waals surface area contributed by atoms with Crippen molar-refractivity contribution < 1.29 is 27.4 Å². The molecule has 1 amide bonds. The van der Waals surface area contributed by atoms with Crippen LogP contribution < -0.4 is 24.4 Å². The Hall–Kier alpha value is -5.61. The number of aryl methyl sites for hydroxylation is 1. The number of carbonyl (C=O) groups excluding carboxylic acids is 1. The summed E-state index contributed by atoms with van der Waals surface area (Å²) in [5.41, 5.74) is 6.98. The fourth-order valence-electron chi connectivity index (χ4n) is 9.20. The van der Waals surface area contributed by atoms with Gasteiger partial charge >= 0.3 is 0 Å². The van der Waals surface area contributed by atoms with E-state index in [1.54, 1.807) is 18.2 Å². The van der Waals surface area contributed by atoms with Crippen molar-refractivity contribution in [2.24, 2.45) is 0 Å². The molecule has 352 valence electrons. The highest BCUT2D eigenvalue weighted by Gasteiger charge is 2.25. The second kappa shape index (κ2) is 21.6. The number of likely N-dealkylation sites (tertiary alicyclic amines) is 1. The summed E-state index contributed by atoms with van der Waals surface area (Å²) < 4.78 is 48.1. The minimum Gasteiger partial charge on any atom is -0.492 e. The number of nitrogens with zero attached hydrogens (tertiary/aromatic N) is 4. The molecular weight excluding hydrogens is 886 g/mol. The number of anilines is 2. The largest absolute Gasteiger partial charge is 0.492 e. The number of amides is 1. The third-order valence-electron chi connectivity index (χ3n) is 13.0. The van der Waals surface area contributed by atoms with E-state index in [1.165, 1.54) is 24.5 Å². The standard InChI is InChI=1S/C52H60ClN7O6S/c1-38-33-46(12-16-49(38)54-18-4-22-57-20-2-3-21-57)67(62,63)56-52(61)48-13-9-43(36-51(48)66-45-11-15-50-40(34-45)17-19-55-50)60-25-23-59(24-26-60)37-41-35-44(65-32-29-58-27-30-64-31-28-58)10-14-47(41)39-5-7-42(53)8-6-39/h5-17,19,33-36,54-55H,2-4,18,20-32,37H2,1H3,(H,56,61). The molecule has 0 spiro atoms. The lowest BCUT2D eigenvalue weighted by molar-refractivity contribution is 0.0322. The van der Waals surface area contributed by atoms with Gasteiger partial charge in [0.05, 0.1) is 23.7 Å². The van der Waals surface area contributed by atoms with Crippen molar-refractivity contribution in [2.75, 3.05) is 102 Å². The molecule has 0 bridgehead atoms. The normalized spacial score (nSPS) is 16.4. The summed E-state index contributed by atoms with van der Waals surface area (Å²) in [6.45, 7) is 14.6. The predicted octanol–water partition coefficient (Wildman–Crippen LogP) is 8.64. The second-order valence-electron chi connectivity index (χ2n) is 17.6. The molecule has 0 saturated carbocycles. The molecule has 6 aromatic rings. The predicted molar refractivity (Wildman–Crippen MR) is 267 cm³/mol. The van der Waals surface area contributed by atoms with Gasteiger partial charge in [0.1, 0.15) is 23.9 Å². The lowest BCUT2D eigenvalue weighted by Gasteiger charge is -2.36. The number of sulfonamides is 1. The summed E-state index contributed by atoms with van der Waals surface area (Å²) in [6.07, 6.45) is 5.39. The van der Waals surface area contributed by atoms with E-state index in [1.807, 2.05) is 67.7 Å². The minimum atomic E-state index is -4.22. The van der Waals surface area contributed by atoms with E-state index in [4.69, 9.17) is 25.8 Å². The molecule has 15 heteroatoms. The molecular formula is C52H60ClN7O6S. The zero-order valence-electron chi connectivity index (χ0n) is 38.1. The van der Waals surface area contributed by atoms with E-state index < -0.39 is 15.9 Å². The van der Waals surface area contributed by atoms with Crippen molar-refractivity contribution in [3.63, 3.8) is 0 Å². The van der Waals surface area contributed by atoms with Crippen LogP contribution in [-0.4, -0.2) is 126 Å². The summed E-state index contributed by atoms with van der Waals surface area (Å²) >= 11 is 6.28. The van der Waals surface area contributed by atoms with Crippen molar-refractivity contribution in [1.29, 1.82) is 0 Å². The molecule has 5 aromatic carbocycles. The van der Waals surface area contributed by atoms with Crippen LogP contribution in [0.5, 0.6) is 17.2 Å². The highest BCUT2D eigenvalue weighted by atomic mass is 35.5. The molecule has 3 N–H and O–H groups in total. The van der Waals surface area contributed by atoms with Gasteiger partial charge in [0.2, 0.25) is 0 Å². The number of nitrogens with one attached hydrogen (secondary N) is 3. The number of fused-ring (bicyclic) bond motifs is 1. The first-order valence-corrected chi connectivity index (χ1v) is 25.3. The molecule has 9 rings (SSSR count). The van der Waals surface area contributed by atoms with Crippen LogP contribution in [0.2, 0.25) is 5.02 Å². The molecule has 0 atom stereocenters. The average molecular weight is 947 g/mol. The van der Waals surface area contributed by atoms with Gasteiger partial charge in [-0.25, -0.2) is 13.1 Å². The number of piperazine rings is 1. The van der Waals surface area contributed by atoms with Gasteiger partial charge in [-0.3, -0.25) is 14.6 Å². The van der Waals surface area contributed by atoms with E-state index in [-0.39, 0.29) is 16.2 Å². The fraction of sp³-hybridized carbons (Fsp3) is 0.365. The molecule has 67 heavy (non-hydrogen) atoms. The number of halogens is 1. The first kappa shape index (κ1) is 46.5. The molecule has 0 unspecified atom stereocenters. The Bertz CT molecular complexity index is 2750. The smallest absolute Gasteiger partial charge is 0.268 e. The van der Waals surface area contributed by atoms with Gasteiger partial charge in [0.15, 0.2) is 0 Å². The Kier molecular flexibility index (Phi) is 15.0. The molecule has 3 saturated heterocycles. The molecule has 0 radical (unpaired) electrons. The molecule has 13 nitrogen and oxygen atoms in total. The van der Waals surface area contributed by atoms with Crippen molar-refractivity contribution in [3.05, 3.63) is 131 Å². The molecule has 3 fully saturated rings. The maximum Gasteiger partial charge on any atom is 0.268 e. The highest BCUT2D eigenvalue weighted by Crippen LogP contribution is 2.34. The van der Waals surface area contributed by atoms with Gasteiger partial charge in [0.25, 0.3) is 15.9 Å². The Balaban J connectivity index is 0.885. The molecule has 1 aromatic heterocycles. The number of ether oxygens (including phenoxy) is 3. The highest BCUT2D eigenvalue weighted by molar-refractivity contribution is 7.90. The van der Waals surface area contributed by atoms with Crippen LogP contribution >= 0.6 is 11.6 Å². The number of hydrogen-bond acceptors (Lipinski definition) is 11. The molecule has 0 aliphatic carbocycles. The van der Waals surface area contributed by atoms with Crippen LogP contribution in [0.25, 0.3) is 22.0 Å². The van der Waals surface area contributed by atoms with Gasteiger partial charge in [-0.15, -0.1) is 0 Å². The minimum absolute atomic E-state index is 0.0131. The number of aromatic nitrogens is 1. The Morgan fingerprint density at radius 1 is 0.776 bits per heavy atom. The third kappa shape index (κ3) is 11.9. The van der Waals surface area contributed by atoms with Gasteiger partial charge in [-0.2, -0.15) is 0 Å². The maximum absolute atomic E-state index is 14.0. The molecule has 4 heterocycles. The van der Waals surface area contributed by atoms with E-state index in [9.17, 15) is 13.2 Å². The quantitative estimate of drug-likeness (QED) is 0.0716. The summed E-state index contributed by atoms with van der Waals surface area (Å²) in [5.74, 6) is 0.845. The van der Waals surface area contributed by atoms with Gasteiger partial charge < -0.3 is 34.3 Å². The maximum atomic E-state index is 14.0. The van der Waals surface area contributed by atoms with E-state index in [0.717, 1.165) is 143 Å². The number of carbonyl (C=O) groups is 1. The summed E-state index contributed by atoms with van der Waals surface area (Å²) in [7, 11) is -4.22. The average Bonchev–Trinajstić information content (AvgIpc) is 4.04. The number of benzene rings is 5. The van der Waals surface area contributed by atoms with Crippen molar-refractivity contribution >= 4 is 49.8 Å². The Labute approximate surface area is 399 Å². The Morgan fingerprint density at radius 2 is 1.55 bits per heavy atom. The van der Waals surface area contributed by atoms with Crippen molar-refractivity contribution in [1.82, 2.24) is 24.4 Å². The van der Waals surface area contributed by atoms with E-state index in [0.29, 0.717) is 17.4 Å². The second-order valence-corrected chi connectivity index (χ2v) is 19.8. The van der Waals surface area contributed by atoms with Gasteiger partial charge in [-0.05, 0) is 147 Å². The van der Waals surface area contributed by atoms with E-state index in [2.05, 4.69) is 58.9 Å². The monoisotopic (exact) mass is 945 g/mol. The molecule has 3 aliphatic heterocycles. The van der Waals surface area contributed by atoms with Gasteiger partial charge in [0, 0.05) is 98.5 Å². The number of H-pyrrole nitrogens is 1. The first-order valence-electron chi connectivity index (χ1n) is 23.5. The van der Waals surface area contributed by atoms with Crippen LogP contribution in [0.3, 0.4) is 0 Å². The summed E-state index contributed by atoms with van der Waals surface area (Å²) in [5, 5.41) is 5.09. The number of morpholine rings is 1. The van der Waals surface area contributed by atoms with Crippen LogP contribution in [0.1, 0.15) is 40.7 Å². The lowest BCUT2D eigenvalue weighted by atomic mass is 9.98. The summed E-state index contributed by atoms with van der Waals surface area (Å²) in [6, 6.07) is 32.2. The first-order chi connectivity index (χ1) is 32.6. The van der Waals surface area contributed by atoms with Gasteiger partial charge in [-0.1, -0.05) is 29.8 Å². The molecule has 3 aliphatic rings. The third-order valence-corrected chi connectivity index (χ3v) is 14.6. The Morgan fingerprint density at radius 3 is 2.34 bits per heavy atom. The zero-order chi connectivity index (χ0) is 46.2. The van der Waals surface area contributed by atoms with E-state index >= 15 is 0 Å².